The molecule has 0 bridgehead atoms. The van der Waals surface area contributed by atoms with E-state index in [0.717, 1.165) is 27.4 Å². The van der Waals surface area contributed by atoms with Gasteiger partial charge in [-0.2, -0.15) is 0 Å². The van der Waals surface area contributed by atoms with E-state index in [4.69, 9.17) is 4.74 Å². The van der Waals surface area contributed by atoms with Crippen molar-refractivity contribution in [2.45, 2.75) is 19.8 Å². The molecule has 0 radical (unpaired) electrons. The van der Waals surface area contributed by atoms with Crippen LogP contribution in [0.15, 0.2) is 30.0 Å². The minimum Gasteiger partial charge on any atom is -0.465 e. The molecule has 1 aliphatic rings. The number of aryl methyl sites for hydroxylation is 2. The summed E-state index contributed by atoms with van der Waals surface area (Å²) in [6.07, 6.45) is 5.13. The number of allylic oxidation sites excluding steroid dienone is 1. The number of hydrogen-bond acceptors (Lipinski definition) is 5. The lowest BCUT2D eigenvalue weighted by Gasteiger charge is -2.18. The predicted molar refractivity (Wildman–Crippen MR) is 85.3 cm³/mol. The molecule has 0 atom stereocenters. The Bertz CT molecular complexity index is 789. The smallest absolute Gasteiger partial charge is 0.337 e. The zero-order valence-electron chi connectivity index (χ0n) is 12.4. The molecule has 0 unspecified atom stereocenters. The van der Waals surface area contributed by atoms with E-state index in [1.165, 1.54) is 7.11 Å². The number of ketones is 1. The first-order chi connectivity index (χ1) is 10.6. The Balaban J connectivity index is 1.93. The molecule has 0 fully saturated rings. The average molecular weight is 313 g/mol. The Hall–Kier alpha value is -2.27. The summed E-state index contributed by atoms with van der Waals surface area (Å²) < 4.78 is 4.72. The fraction of sp³-hybridized carbons (Fsp3) is 0.235. The number of hydrogen-bond donors (Lipinski definition) is 0. The number of thiazole rings is 1. The number of esters is 1. The molecule has 0 N–H and O–H groups in total. The van der Waals surface area contributed by atoms with Gasteiger partial charge in [0.1, 0.15) is 0 Å². The summed E-state index contributed by atoms with van der Waals surface area (Å²) in [5.74, 6) is -0.347. The number of ether oxygens (including phenoxy) is 1. The van der Waals surface area contributed by atoms with Crippen LogP contribution in [0.25, 0.3) is 6.08 Å². The molecule has 5 heteroatoms. The Morgan fingerprint density at radius 3 is 2.86 bits per heavy atom. The van der Waals surface area contributed by atoms with Crippen LogP contribution < -0.4 is 0 Å². The highest BCUT2D eigenvalue weighted by Gasteiger charge is 2.23. The molecule has 2 aromatic rings. The van der Waals surface area contributed by atoms with Gasteiger partial charge in [0.15, 0.2) is 5.78 Å². The molecular formula is C17H15NO3S. The lowest BCUT2D eigenvalue weighted by atomic mass is 9.85. The molecule has 1 heterocycles. The van der Waals surface area contributed by atoms with E-state index in [-0.39, 0.29) is 11.8 Å². The Morgan fingerprint density at radius 2 is 2.18 bits per heavy atom. The second-order valence-electron chi connectivity index (χ2n) is 5.14. The van der Waals surface area contributed by atoms with Crippen LogP contribution >= 0.6 is 11.3 Å². The predicted octanol–water partition coefficient (Wildman–Crippen LogP) is 3.45. The highest BCUT2D eigenvalue weighted by molar-refractivity contribution is 7.12. The number of aromatic nitrogens is 1. The number of carbonyl (C=O) groups excluding carboxylic acids is 2. The van der Waals surface area contributed by atoms with Crippen LogP contribution in [0.5, 0.6) is 0 Å². The number of nitrogens with zero attached hydrogens (tertiary/aromatic N) is 1. The van der Waals surface area contributed by atoms with Gasteiger partial charge in [0.05, 0.1) is 17.7 Å². The molecule has 1 aromatic heterocycles. The van der Waals surface area contributed by atoms with E-state index in [9.17, 15) is 9.59 Å². The summed E-state index contributed by atoms with van der Waals surface area (Å²) in [6, 6.07) is 5.11. The molecular weight excluding hydrogens is 298 g/mol. The van der Waals surface area contributed by atoms with Crippen LogP contribution in [-0.4, -0.2) is 23.8 Å². The first-order valence-corrected chi connectivity index (χ1v) is 7.79. The largest absolute Gasteiger partial charge is 0.465 e. The lowest BCUT2D eigenvalue weighted by molar-refractivity contribution is 0.0600. The van der Waals surface area contributed by atoms with E-state index in [1.807, 2.05) is 13.0 Å². The molecule has 0 spiro atoms. The van der Waals surface area contributed by atoms with Crippen molar-refractivity contribution >= 4 is 29.2 Å². The van der Waals surface area contributed by atoms with Crippen molar-refractivity contribution in [2.24, 2.45) is 0 Å². The Labute approximate surface area is 132 Å². The molecule has 112 valence electrons. The monoisotopic (exact) mass is 313 g/mol. The number of methoxy groups -OCH3 is 1. The maximum absolute atomic E-state index is 12.6. The van der Waals surface area contributed by atoms with Gasteiger partial charge in [-0.3, -0.25) is 4.79 Å². The average Bonchev–Trinajstić information content (AvgIpc) is 2.94. The van der Waals surface area contributed by atoms with Crippen molar-refractivity contribution in [3.05, 3.63) is 56.5 Å². The van der Waals surface area contributed by atoms with E-state index < -0.39 is 0 Å². The van der Waals surface area contributed by atoms with Gasteiger partial charge in [-0.1, -0.05) is 0 Å². The maximum Gasteiger partial charge on any atom is 0.337 e. The van der Waals surface area contributed by atoms with Crippen LogP contribution in [0.2, 0.25) is 0 Å². The number of benzene rings is 1. The van der Waals surface area contributed by atoms with Gasteiger partial charge in [0.25, 0.3) is 0 Å². The van der Waals surface area contributed by atoms with Crippen LogP contribution in [0.3, 0.4) is 0 Å². The first-order valence-electron chi connectivity index (χ1n) is 6.97. The van der Waals surface area contributed by atoms with Crippen LogP contribution in [0.4, 0.5) is 0 Å². The number of carbonyl (C=O) groups is 2. The van der Waals surface area contributed by atoms with Gasteiger partial charge in [-0.15, -0.1) is 11.3 Å². The van der Waals surface area contributed by atoms with Crippen molar-refractivity contribution in [1.29, 1.82) is 0 Å². The topological polar surface area (TPSA) is 56.3 Å². The fourth-order valence-corrected chi connectivity index (χ4v) is 3.33. The summed E-state index contributed by atoms with van der Waals surface area (Å²) >= 11 is 1.57. The maximum atomic E-state index is 12.6. The van der Waals surface area contributed by atoms with Crippen molar-refractivity contribution in [3.63, 3.8) is 0 Å². The van der Waals surface area contributed by atoms with E-state index >= 15 is 0 Å². The van der Waals surface area contributed by atoms with Crippen molar-refractivity contribution in [2.75, 3.05) is 7.11 Å². The highest BCUT2D eigenvalue weighted by atomic mass is 32.1. The van der Waals surface area contributed by atoms with Crippen molar-refractivity contribution < 1.29 is 14.3 Å². The third kappa shape index (κ3) is 2.72. The third-order valence-corrected chi connectivity index (χ3v) is 4.54. The van der Waals surface area contributed by atoms with Crippen LogP contribution in [0.1, 0.15) is 42.6 Å². The molecule has 0 amide bonds. The van der Waals surface area contributed by atoms with Gasteiger partial charge >= 0.3 is 5.97 Å². The summed E-state index contributed by atoms with van der Waals surface area (Å²) in [5.41, 5.74) is 2.86. The van der Waals surface area contributed by atoms with Crippen LogP contribution in [-0.2, 0) is 11.2 Å². The lowest BCUT2D eigenvalue weighted by Crippen LogP contribution is -2.15. The molecule has 1 aromatic carbocycles. The van der Waals surface area contributed by atoms with Gasteiger partial charge in [-0.05, 0) is 49.6 Å². The van der Waals surface area contributed by atoms with Crippen molar-refractivity contribution in [3.8, 4) is 0 Å². The van der Waals surface area contributed by atoms with E-state index in [2.05, 4.69) is 4.98 Å². The van der Waals surface area contributed by atoms with E-state index in [1.54, 1.807) is 35.7 Å². The molecule has 0 saturated heterocycles. The normalized spacial score (nSPS) is 15.7. The van der Waals surface area contributed by atoms with Crippen molar-refractivity contribution in [1.82, 2.24) is 4.98 Å². The zero-order chi connectivity index (χ0) is 15.7. The Morgan fingerprint density at radius 1 is 1.36 bits per heavy atom. The van der Waals surface area contributed by atoms with Crippen LogP contribution in [0, 0.1) is 6.92 Å². The van der Waals surface area contributed by atoms with Gasteiger partial charge in [0.2, 0.25) is 0 Å². The fourth-order valence-electron chi connectivity index (χ4n) is 2.58. The summed E-state index contributed by atoms with van der Waals surface area (Å²) in [7, 11) is 1.35. The second-order valence-corrected chi connectivity index (χ2v) is 6.41. The molecule has 3 rings (SSSR count). The number of fused-ring (bicyclic) bond motifs is 1. The standard InChI is InChI=1S/C17H15NO3S/c1-10-18-9-14(22-10)8-12-4-3-11-7-13(17(20)21-2)5-6-15(11)16(12)19/h5-9H,3-4H2,1-2H3/b12-8+. The quantitative estimate of drug-likeness (QED) is 0.629. The van der Waals surface area contributed by atoms with Gasteiger partial charge in [0, 0.05) is 22.2 Å². The summed E-state index contributed by atoms with van der Waals surface area (Å²) in [5, 5.41) is 0.984. The minimum absolute atomic E-state index is 0.0312. The highest BCUT2D eigenvalue weighted by Crippen LogP contribution is 2.28. The van der Waals surface area contributed by atoms with Gasteiger partial charge in [-0.25, -0.2) is 9.78 Å². The minimum atomic E-state index is -0.378. The molecule has 22 heavy (non-hydrogen) atoms. The van der Waals surface area contributed by atoms with Gasteiger partial charge < -0.3 is 4.74 Å². The number of rotatable bonds is 2. The Kier molecular flexibility index (Phi) is 3.90. The second kappa shape index (κ2) is 5.85. The zero-order valence-corrected chi connectivity index (χ0v) is 13.2. The summed E-state index contributed by atoms with van der Waals surface area (Å²) in [4.78, 5) is 29.3. The van der Waals surface area contributed by atoms with E-state index in [0.29, 0.717) is 17.5 Å². The SMILES string of the molecule is COC(=O)c1ccc2c(c1)CC/C(=C\c1cnc(C)s1)C2=O. The molecule has 1 aliphatic carbocycles. The molecule has 4 nitrogen and oxygen atoms in total. The molecule has 0 saturated carbocycles. The number of Topliss-reactive ketones (excluding diaryl/α,β-unsaturated/α-hetero) is 1. The first kappa shape index (κ1) is 14.7. The summed E-state index contributed by atoms with van der Waals surface area (Å²) in [6.45, 7) is 1.94. The third-order valence-electron chi connectivity index (χ3n) is 3.68. The molecule has 0 aliphatic heterocycles.